The Kier molecular flexibility index (Phi) is 5.84. The second-order valence-corrected chi connectivity index (χ2v) is 5.00. The minimum Gasteiger partial charge on any atom is -0.297 e. The normalized spacial score (nSPS) is 16.6. The van der Waals surface area contributed by atoms with Gasteiger partial charge in [-0.2, -0.15) is 4.80 Å². The van der Waals surface area contributed by atoms with Crippen LogP contribution >= 0.6 is 0 Å². The van der Waals surface area contributed by atoms with Crippen LogP contribution in [0.2, 0.25) is 0 Å². The summed E-state index contributed by atoms with van der Waals surface area (Å²) < 4.78 is 0. The lowest BCUT2D eigenvalue weighted by atomic mass is 9.85. The molecule has 2 unspecified atom stereocenters. The van der Waals surface area contributed by atoms with E-state index in [1.54, 1.807) is 7.05 Å². The Bertz CT molecular complexity index is 374. The van der Waals surface area contributed by atoms with Crippen LogP contribution in [0.15, 0.2) is 0 Å². The number of likely N-dealkylation sites (N-methyl/N-ethyl adjacent to an activating group) is 1. The van der Waals surface area contributed by atoms with E-state index >= 15 is 0 Å². The van der Waals surface area contributed by atoms with E-state index in [-0.39, 0.29) is 11.6 Å². The van der Waals surface area contributed by atoms with Gasteiger partial charge in [-0.25, -0.2) is 0 Å². The molecule has 0 spiro atoms. The highest BCUT2D eigenvalue weighted by molar-refractivity contribution is 4.99. The molecular weight excluding hydrogens is 242 g/mol. The third-order valence-corrected chi connectivity index (χ3v) is 4.09. The Morgan fingerprint density at radius 1 is 1.37 bits per heavy atom. The highest BCUT2D eigenvalue weighted by atomic mass is 15.6. The average molecular weight is 269 g/mol. The van der Waals surface area contributed by atoms with Crippen molar-refractivity contribution in [2.45, 2.75) is 52.1 Å². The van der Waals surface area contributed by atoms with Crippen molar-refractivity contribution in [3.05, 3.63) is 5.82 Å². The smallest absolute Gasteiger partial charge is 0.176 e. The van der Waals surface area contributed by atoms with E-state index in [1.807, 2.05) is 0 Å². The minimum atomic E-state index is -0.0303. The molecule has 0 bridgehead atoms. The lowest BCUT2D eigenvalue weighted by molar-refractivity contribution is 0.0693. The first-order valence-corrected chi connectivity index (χ1v) is 6.95. The van der Waals surface area contributed by atoms with E-state index in [0.717, 1.165) is 25.3 Å². The number of nitrogens with zero attached hydrogens (tertiary/aromatic N) is 5. The van der Waals surface area contributed by atoms with Gasteiger partial charge in [-0.15, -0.1) is 10.2 Å². The van der Waals surface area contributed by atoms with Crippen LogP contribution in [0.25, 0.3) is 0 Å². The van der Waals surface area contributed by atoms with Crippen LogP contribution in [0.5, 0.6) is 0 Å². The van der Waals surface area contributed by atoms with Crippen molar-refractivity contribution in [2.24, 2.45) is 12.9 Å². The zero-order valence-corrected chi connectivity index (χ0v) is 12.7. The third kappa shape index (κ3) is 3.49. The SMILES string of the molecule is CCN(CC)C(C)(CC)C(Cc1nnn(C)n1)NN. The van der Waals surface area contributed by atoms with Crippen molar-refractivity contribution >= 4 is 0 Å². The van der Waals surface area contributed by atoms with Crippen molar-refractivity contribution in [3.8, 4) is 0 Å². The maximum atomic E-state index is 5.78. The van der Waals surface area contributed by atoms with Crippen LogP contribution in [0.3, 0.4) is 0 Å². The third-order valence-electron chi connectivity index (χ3n) is 4.09. The molecular formula is C12H27N7. The fourth-order valence-electron chi connectivity index (χ4n) is 2.68. The topological polar surface area (TPSA) is 84.9 Å². The zero-order chi connectivity index (χ0) is 14.5. The molecule has 0 saturated carbocycles. The van der Waals surface area contributed by atoms with E-state index in [1.165, 1.54) is 4.80 Å². The van der Waals surface area contributed by atoms with Gasteiger partial charge in [-0.3, -0.25) is 16.2 Å². The van der Waals surface area contributed by atoms with Gasteiger partial charge in [0, 0.05) is 18.0 Å². The minimum absolute atomic E-state index is 0.0303. The van der Waals surface area contributed by atoms with Crippen LogP contribution in [-0.4, -0.2) is 49.8 Å². The molecule has 0 aliphatic rings. The van der Waals surface area contributed by atoms with Gasteiger partial charge in [0.1, 0.15) is 0 Å². The molecule has 110 valence electrons. The highest BCUT2D eigenvalue weighted by Crippen LogP contribution is 2.25. The summed E-state index contributed by atoms with van der Waals surface area (Å²) in [5, 5.41) is 12.2. The number of aryl methyl sites for hydroxylation is 1. The van der Waals surface area contributed by atoms with Gasteiger partial charge in [-0.05, 0) is 31.6 Å². The number of aromatic nitrogens is 4. The molecule has 7 nitrogen and oxygen atoms in total. The van der Waals surface area contributed by atoms with Crippen LogP contribution in [0.1, 0.15) is 39.9 Å². The zero-order valence-electron chi connectivity index (χ0n) is 12.7. The number of rotatable bonds is 8. The highest BCUT2D eigenvalue weighted by Gasteiger charge is 2.37. The molecule has 0 aromatic carbocycles. The van der Waals surface area contributed by atoms with E-state index in [0.29, 0.717) is 6.42 Å². The predicted molar refractivity (Wildman–Crippen MR) is 75.2 cm³/mol. The Labute approximate surface area is 115 Å². The number of hydrogen-bond donors (Lipinski definition) is 2. The van der Waals surface area contributed by atoms with Crippen molar-refractivity contribution in [1.82, 2.24) is 30.5 Å². The summed E-state index contributed by atoms with van der Waals surface area (Å²) in [6, 6.07) is 0.0848. The molecule has 0 fully saturated rings. The lowest BCUT2D eigenvalue weighted by Crippen LogP contribution is -2.61. The van der Waals surface area contributed by atoms with Crippen molar-refractivity contribution in [1.29, 1.82) is 0 Å². The molecule has 0 aliphatic heterocycles. The molecule has 1 aromatic heterocycles. The molecule has 1 heterocycles. The second-order valence-electron chi connectivity index (χ2n) is 5.00. The van der Waals surface area contributed by atoms with Gasteiger partial charge in [0.15, 0.2) is 5.82 Å². The van der Waals surface area contributed by atoms with Gasteiger partial charge in [0.05, 0.1) is 7.05 Å². The Morgan fingerprint density at radius 2 is 2.00 bits per heavy atom. The van der Waals surface area contributed by atoms with Crippen molar-refractivity contribution < 1.29 is 0 Å². The first-order chi connectivity index (χ1) is 9.01. The summed E-state index contributed by atoms with van der Waals surface area (Å²) in [5.74, 6) is 6.50. The molecule has 1 aromatic rings. The Balaban J connectivity index is 2.91. The molecule has 7 heteroatoms. The number of nitrogens with two attached hydrogens (primary N) is 1. The number of hydrogen-bond acceptors (Lipinski definition) is 6. The first kappa shape index (κ1) is 16.0. The van der Waals surface area contributed by atoms with Crippen LogP contribution < -0.4 is 11.3 Å². The van der Waals surface area contributed by atoms with Gasteiger partial charge in [0.2, 0.25) is 0 Å². The van der Waals surface area contributed by atoms with E-state index in [4.69, 9.17) is 5.84 Å². The fraction of sp³-hybridized carbons (Fsp3) is 0.917. The largest absolute Gasteiger partial charge is 0.297 e. The molecule has 0 aliphatic carbocycles. The van der Waals surface area contributed by atoms with E-state index in [9.17, 15) is 0 Å². The quantitative estimate of drug-likeness (QED) is 0.514. The average Bonchev–Trinajstić information content (AvgIpc) is 2.82. The molecule has 0 amide bonds. The van der Waals surface area contributed by atoms with E-state index in [2.05, 4.69) is 53.4 Å². The molecule has 0 radical (unpaired) electrons. The summed E-state index contributed by atoms with van der Waals surface area (Å²) in [6.07, 6.45) is 1.68. The van der Waals surface area contributed by atoms with Crippen molar-refractivity contribution in [2.75, 3.05) is 13.1 Å². The van der Waals surface area contributed by atoms with Gasteiger partial charge in [-0.1, -0.05) is 20.8 Å². The van der Waals surface area contributed by atoms with E-state index < -0.39 is 0 Å². The van der Waals surface area contributed by atoms with Crippen molar-refractivity contribution in [3.63, 3.8) is 0 Å². The van der Waals surface area contributed by atoms with Crippen LogP contribution in [-0.2, 0) is 13.5 Å². The second kappa shape index (κ2) is 6.93. The van der Waals surface area contributed by atoms with Gasteiger partial charge < -0.3 is 0 Å². The Morgan fingerprint density at radius 3 is 2.37 bits per heavy atom. The lowest BCUT2D eigenvalue weighted by Gasteiger charge is -2.45. The van der Waals surface area contributed by atoms with Gasteiger partial charge in [0.25, 0.3) is 0 Å². The molecule has 19 heavy (non-hydrogen) atoms. The summed E-state index contributed by atoms with van der Waals surface area (Å²) in [6.45, 7) is 10.8. The number of hydrazine groups is 1. The monoisotopic (exact) mass is 269 g/mol. The molecule has 1 rings (SSSR count). The van der Waals surface area contributed by atoms with Crippen LogP contribution in [0, 0.1) is 0 Å². The summed E-state index contributed by atoms with van der Waals surface area (Å²) >= 11 is 0. The number of nitrogens with one attached hydrogen (secondary N) is 1. The molecule has 3 N–H and O–H groups in total. The first-order valence-electron chi connectivity index (χ1n) is 6.95. The maximum absolute atomic E-state index is 5.78. The van der Waals surface area contributed by atoms with Crippen LogP contribution in [0.4, 0.5) is 0 Å². The Hall–Kier alpha value is -1.05. The number of tetrazole rings is 1. The summed E-state index contributed by atoms with van der Waals surface area (Å²) in [4.78, 5) is 3.90. The standard InChI is InChI=1S/C12H27N7/c1-6-12(4,19(7-2)8-3)10(14-13)9-11-15-17-18(5)16-11/h10,14H,6-9,13H2,1-5H3. The van der Waals surface area contributed by atoms with Gasteiger partial charge >= 0.3 is 0 Å². The summed E-state index contributed by atoms with van der Waals surface area (Å²) in [5.41, 5.74) is 2.91. The fourth-order valence-corrected chi connectivity index (χ4v) is 2.68. The predicted octanol–water partition coefficient (Wildman–Crippen LogP) is 0.0950. The molecule has 2 atom stereocenters. The summed E-state index contributed by atoms with van der Waals surface area (Å²) in [7, 11) is 1.77. The maximum Gasteiger partial charge on any atom is 0.176 e. The molecule has 0 saturated heterocycles.